The van der Waals surface area contributed by atoms with E-state index in [-0.39, 0.29) is 0 Å². The van der Waals surface area contributed by atoms with Gasteiger partial charge in [0.2, 0.25) is 0 Å². The third-order valence-electron chi connectivity index (χ3n) is 2.43. The third kappa shape index (κ3) is 1.47. The number of nitrogens with zero attached hydrogens (tertiary/aromatic N) is 2. The second kappa shape index (κ2) is 3.21. The Morgan fingerprint density at radius 3 is 2.92 bits per heavy atom. The predicted molar refractivity (Wildman–Crippen MR) is 48.0 cm³/mol. The van der Waals surface area contributed by atoms with Crippen molar-refractivity contribution >= 4 is 0 Å². The average Bonchev–Trinajstić information content (AvgIpc) is 2.28. The SMILES string of the molecule is Cc1ncc2c(n1)CCCCC2. The van der Waals surface area contributed by atoms with Crippen molar-refractivity contribution < 1.29 is 0 Å². The van der Waals surface area contributed by atoms with Crippen molar-refractivity contribution in [2.75, 3.05) is 0 Å². The molecule has 0 saturated carbocycles. The van der Waals surface area contributed by atoms with Gasteiger partial charge in [-0.15, -0.1) is 0 Å². The van der Waals surface area contributed by atoms with E-state index in [4.69, 9.17) is 0 Å². The number of hydrogen-bond donors (Lipinski definition) is 0. The Balaban J connectivity index is 2.36. The minimum Gasteiger partial charge on any atom is -0.241 e. The number of fused-ring (bicyclic) bond motifs is 1. The Morgan fingerprint density at radius 1 is 1.17 bits per heavy atom. The van der Waals surface area contributed by atoms with E-state index in [0.29, 0.717) is 0 Å². The molecule has 1 heterocycles. The van der Waals surface area contributed by atoms with E-state index in [1.54, 1.807) is 0 Å². The minimum atomic E-state index is 0.913. The maximum Gasteiger partial charge on any atom is 0.125 e. The molecule has 2 nitrogen and oxygen atoms in total. The monoisotopic (exact) mass is 162 g/mol. The summed E-state index contributed by atoms with van der Waals surface area (Å²) in [6.07, 6.45) is 8.27. The summed E-state index contributed by atoms with van der Waals surface area (Å²) in [4.78, 5) is 8.69. The Kier molecular flexibility index (Phi) is 2.07. The molecule has 12 heavy (non-hydrogen) atoms. The number of rotatable bonds is 0. The summed E-state index contributed by atoms with van der Waals surface area (Å²) >= 11 is 0. The lowest BCUT2D eigenvalue weighted by molar-refractivity contribution is 0.708. The van der Waals surface area contributed by atoms with E-state index in [1.165, 1.54) is 36.9 Å². The Labute approximate surface area is 73.1 Å². The second-order valence-electron chi connectivity index (χ2n) is 3.45. The van der Waals surface area contributed by atoms with Crippen LogP contribution in [0.2, 0.25) is 0 Å². The molecule has 1 aliphatic carbocycles. The molecule has 0 saturated heterocycles. The fourth-order valence-electron chi connectivity index (χ4n) is 1.75. The standard InChI is InChI=1S/C10H14N2/c1-8-11-7-9-5-3-2-4-6-10(9)12-8/h7H,2-6H2,1H3. The molecule has 2 heteroatoms. The van der Waals surface area contributed by atoms with Gasteiger partial charge >= 0.3 is 0 Å². The van der Waals surface area contributed by atoms with Gasteiger partial charge in [0, 0.05) is 11.9 Å². The summed E-state index contributed by atoms with van der Waals surface area (Å²) in [6.45, 7) is 1.96. The predicted octanol–water partition coefficient (Wildman–Crippen LogP) is 2.05. The largest absolute Gasteiger partial charge is 0.241 e. The fraction of sp³-hybridized carbons (Fsp3) is 0.600. The van der Waals surface area contributed by atoms with Gasteiger partial charge in [-0.25, -0.2) is 9.97 Å². The highest BCUT2D eigenvalue weighted by Crippen LogP contribution is 2.17. The van der Waals surface area contributed by atoms with Crippen molar-refractivity contribution in [2.24, 2.45) is 0 Å². The Morgan fingerprint density at radius 2 is 2.00 bits per heavy atom. The molecule has 0 unspecified atom stereocenters. The maximum absolute atomic E-state index is 4.46. The van der Waals surface area contributed by atoms with Crippen molar-refractivity contribution in [3.63, 3.8) is 0 Å². The lowest BCUT2D eigenvalue weighted by Crippen LogP contribution is -1.99. The van der Waals surface area contributed by atoms with Crippen LogP contribution in [0.1, 0.15) is 36.3 Å². The van der Waals surface area contributed by atoms with Gasteiger partial charge in [-0.3, -0.25) is 0 Å². The molecule has 0 bridgehead atoms. The van der Waals surface area contributed by atoms with Crippen molar-refractivity contribution in [3.8, 4) is 0 Å². The van der Waals surface area contributed by atoms with Crippen LogP contribution in [0.15, 0.2) is 6.20 Å². The van der Waals surface area contributed by atoms with Gasteiger partial charge < -0.3 is 0 Å². The summed E-state index contributed by atoms with van der Waals surface area (Å²) in [5, 5.41) is 0. The topological polar surface area (TPSA) is 25.8 Å². The highest BCUT2D eigenvalue weighted by atomic mass is 14.9. The van der Waals surface area contributed by atoms with E-state index in [2.05, 4.69) is 9.97 Å². The smallest absolute Gasteiger partial charge is 0.125 e. The van der Waals surface area contributed by atoms with Crippen LogP contribution in [0.3, 0.4) is 0 Å². The van der Waals surface area contributed by atoms with Crippen LogP contribution >= 0.6 is 0 Å². The summed E-state index contributed by atoms with van der Waals surface area (Å²) in [5.41, 5.74) is 2.66. The van der Waals surface area contributed by atoms with Crippen LogP contribution in [0.5, 0.6) is 0 Å². The highest BCUT2D eigenvalue weighted by Gasteiger charge is 2.08. The molecule has 1 aliphatic rings. The van der Waals surface area contributed by atoms with Crippen LogP contribution < -0.4 is 0 Å². The second-order valence-corrected chi connectivity index (χ2v) is 3.45. The molecule has 0 spiro atoms. The molecule has 1 aromatic heterocycles. The first-order valence-electron chi connectivity index (χ1n) is 4.67. The van der Waals surface area contributed by atoms with Crippen molar-refractivity contribution in [1.82, 2.24) is 9.97 Å². The third-order valence-corrected chi connectivity index (χ3v) is 2.43. The van der Waals surface area contributed by atoms with Gasteiger partial charge in [-0.2, -0.15) is 0 Å². The first-order valence-corrected chi connectivity index (χ1v) is 4.67. The molecular weight excluding hydrogens is 148 g/mol. The maximum atomic E-state index is 4.46. The van der Waals surface area contributed by atoms with Gasteiger partial charge in [0.1, 0.15) is 5.82 Å². The fourth-order valence-corrected chi connectivity index (χ4v) is 1.75. The molecule has 0 fully saturated rings. The Hall–Kier alpha value is -0.920. The molecule has 0 atom stereocenters. The molecular formula is C10H14N2. The first kappa shape index (κ1) is 7.71. The highest BCUT2D eigenvalue weighted by molar-refractivity contribution is 5.18. The molecule has 1 aromatic rings. The lowest BCUT2D eigenvalue weighted by Gasteiger charge is -2.03. The summed E-state index contributed by atoms with van der Waals surface area (Å²) < 4.78 is 0. The van der Waals surface area contributed by atoms with Crippen LogP contribution in [0, 0.1) is 6.92 Å². The molecule has 0 aliphatic heterocycles. The van der Waals surface area contributed by atoms with E-state index in [1.807, 2.05) is 13.1 Å². The number of hydrogen-bond acceptors (Lipinski definition) is 2. The zero-order chi connectivity index (χ0) is 8.39. The van der Waals surface area contributed by atoms with Gasteiger partial charge in [0.15, 0.2) is 0 Å². The molecule has 64 valence electrons. The van der Waals surface area contributed by atoms with Crippen LogP contribution in [-0.4, -0.2) is 9.97 Å². The number of aryl methyl sites for hydroxylation is 3. The quantitative estimate of drug-likeness (QED) is 0.546. The first-order chi connectivity index (χ1) is 5.86. The Bertz CT molecular complexity index is 281. The number of aromatic nitrogens is 2. The zero-order valence-corrected chi connectivity index (χ0v) is 7.51. The molecule has 0 N–H and O–H groups in total. The molecule has 2 rings (SSSR count). The molecule has 0 radical (unpaired) electrons. The van der Waals surface area contributed by atoms with Gasteiger partial charge in [0.05, 0.1) is 0 Å². The van der Waals surface area contributed by atoms with Gasteiger partial charge in [0.25, 0.3) is 0 Å². The normalized spacial score (nSPS) is 16.8. The summed E-state index contributed by atoms with van der Waals surface area (Å²) in [7, 11) is 0. The van der Waals surface area contributed by atoms with E-state index in [9.17, 15) is 0 Å². The summed E-state index contributed by atoms with van der Waals surface area (Å²) in [5.74, 6) is 0.913. The van der Waals surface area contributed by atoms with E-state index in [0.717, 1.165) is 12.2 Å². The minimum absolute atomic E-state index is 0.913. The van der Waals surface area contributed by atoms with Crippen molar-refractivity contribution in [3.05, 3.63) is 23.3 Å². The van der Waals surface area contributed by atoms with Crippen LogP contribution in [-0.2, 0) is 12.8 Å². The van der Waals surface area contributed by atoms with Gasteiger partial charge in [-0.1, -0.05) is 6.42 Å². The van der Waals surface area contributed by atoms with E-state index >= 15 is 0 Å². The molecule has 0 aromatic carbocycles. The average molecular weight is 162 g/mol. The summed E-state index contributed by atoms with van der Waals surface area (Å²) in [6, 6.07) is 0. The van der Waals surface area contributed by atoms with E-state index < -0.39 is 0 Å². The lowest BCUT2D eigenvalue weighted by atomic mass is 10.1. The van der Waals surface area contributed by atoms with Crippen LogP contribution in [0.25, 0.3) is 0 Å². The van der Waals surface area contributed by atoms with Gasteiger partial charge in [-0.05, 0) is 38.2 Å². The molecule has 0 amide bonds. The van der Waals surface area contributed by atoms with Crippen molar-refractivity contribution in [1.29, 1.82) is 0 Å². The van der Waals surface area contributed by atoms with Crippen LogP contribution in [0.4, 0.5) is 0 Å². The zero-order valence-electron chi connectivity index (χ0n) is 7.51. The van der Waals surface area contributed by atoms with Crippen molar-refractivity contribution in [2.45, 2.75) is 39.0 Å².